The van der Waals surface area contributed by atoms with E-state index in [2.05, 4.69) is 39.3 Å². The molecule has 1 heterocycles. The monoisotopic (exact) mass is 439 g/mol. The number of halogens is 1. The Kier molecular flexibility index (Phi) is 7.31. The second kappa shape index (κ2) is 10.1. The van der Waals surface area contributed by atoms with E-state index < -0.39 is 0 Å². The zero-order valence-corrected chi connectivity index (χ0v) is 18.8. The quantitative estimate of drug-likeness (QED) is 0.496. The Morgan fingerprint density at radius 3 is 2.35 bits per heavy atom. The lowest BCUT2D eigenvalue weighted by Crippen LogP contribution is -2.23. The molecule has 0 unspecified atom stereocenters. The maximum absolute atomic E-state index is 12.6. The number of methoxy groups -OCH3 is 1. The number of ether oxygens (including phenoxy) is 1. The van der Waals surface area contributed by atoms with E-state index in [4.69, 9.17) is 16.3 Å². The molecular formula is C23H26ClN5O2. The van der Waals surface area contributed by atoms with Crippen LogP contribution in [0.5, 0.6) is 5.75 Å². The summed E-state index contributed by atoms with van der Waals surface area (Å²) in [6.07, 6.45) is 0. The summed E-state index contributed by atoms with van der Waals surface area (Å²) in [5, 5.41) is 6.63. The summed E-state index contributed by atoms with van der Waals surface area (Å²) in [6, 6.07) is 14.2. The Balaban J connectivity index is 1.73. The number of aryl methyl sites for hydroxylation is 1. The molecule has 1 aromatic heterocycles. The second-order valence-electron chi connectivity index (χ2n) is 6.83. The highest BCUT2D eigenvalue weighted by Crippen LogP contribution is 2.25. The van der Waals surface area contributed by atoms with Crippen LogP contribution in [0.4, 0.5) is 23.0 Å². The zero-order valence-electron chi connectivity index (χ0n) is 18.1. The van der Waals surface area contributed by atoms with E-state index >= 15 is 0 Å². The van der Waals surface area contributed by atoms with E-state index in [0.717, 1.165) is 30.4 Å². The number of nitrogens with zero attached hydrogens (tertiary/aromatic N) is 3. The highest BCUT2D eigenvalue weighted by molar-refractivity contribution is 6.31. The van der Waals surface area contributed by atoms with Crippen LogP contribution in [0.1, 0.15) is 30.0 Å². The molecule has 0 saturated heterocycles. The number of carbonyl (C=O) groups excluding carboxylic acids is 1. The Morgan fingerprint density at radius 2 is 1.71 bits per heavy atom. The van der Waals surface area contributed by atoms with Crippen molar-refractivity contribution in [2.45, 2.75) is 20.8 Å². The number of rotatable bonds is 8. The number of amides is 1. The summed E-state index contributed by atoms with van der Waals surface area (Å²) in [4.78, 5) is 23.8. The molecule has 7 nitrogen and oxygen atoms in total. The van der Waals surface area contributed by atoms with E-state index in [1.54, 1.807) is 18.2 Å². The van der Waals surface area contributed by atoms with Crippen LogP contribution in [0.25, 0.3) is 0 Å². The molecule has 162 valence electrons. The van der Waals surface area contributed by atoms with E-state index in [1.807, 2.05) is 37.3 Å². The van der Waals surface area contributed by atoms with Crippen LogP contribution in [-0.4, -0.2) is 36.1 Å². The average Bonchev–Trinajstić information content (AvgIpc) is 2.75. The number of hydrogen-bond acceptors (Lipinski definition) is 6. The predicted octanol–water partition coefficient (Wildman–Crippen LogP) is 5.29. The van der Waals surface area contributed by atoms with Gasteiger partial charge in [-0.25, -0.2) is 9.97 Å². The molecule has 0 aliphatic rings. The number of aromatic nitrogens is 2. The fourth-order valence-electron chi connectivity index (χ4n) is 3.17. The lowest BCUT2D eigenvalue weighted by Gasteiger charge is -2.20. The van der Waals surface area contributed by atoms with Crippen molar-refractivity contribution in [3.8, 4) is 5.75 Å². The minimum absolute atomic E-state index is 0.296. The SMILES string of the molecule is CCN(CC)c1cc(Nc2ccc(NC(=O)c3cc(Cl)ccc3OC)cc2)nc(C)n1. The predicted molar refractivity (Wildman–Crippen MR) is 126 cm³/mol. The largest absolute Gasteiger partial charge is 0.496 e. The zero-order chi connectivity index (χ0) is 22.4. The van der Waals surface area contributed by atoms with Gasteiger partial charge in [-0.3, -0.25) is 4.79 Å². The minimum atomic E-state index is -0.296. The van der Waals surface area contributed by atoms with Crippen LogP contribution in [0.3, 0.4) is 0 Å². The molecular weight excluding hydrogens is 414 g/mol. The summed E-state index contributed by atoms with van der Waals surface area (Å²) >= 11 is 6.02. The summed E-state index contributed by atoms with van der Waals surface area (Å²) in [5.41, 5.74) is 1.87. The van der Waals surface area contributed by atoms with Gasteiger partial charge in [-0.05, 0) is 63.2 Å². The Hall–Kier alpha value is -3.32. The van der Waals surface area contributed by atoms with Gasteiger partial charge < -0.3 is 20.3 Å². The van der Waals surface area contributed by atoms with Crippen LogP contribution in [0.15, 0.2) is 48.5 Å². The molecule has 31 heavy (non-hydrogen) atoms. The van der Waals surface area contributed by atoms with Gasteiger partial charge in [0.1, 0.15) is 23.2 Å². The number of benzene rings is 2. The summed E-state index contributed by atoms with van der Waals surface area (Å²) in [6.45, 7) is 7.82. The summed E-state index contributed by atoms with van der Waals surface area (Å²) in [5.74, 6) is 2.47. The van der Waals surface area contributed by atoms with Crippen molar-refractivity contribution in [2.24, 2.45) is 0 Å². The van der Waals surface area contributed by atoms with Crippen LogP contribution in [0.2, 0.25) is 5.02 Å². The first-order valence-electron chi connectivity index (χ1n) is 10.1. The fourth-order valence-corrected chi connectivity index (χ4v) is 3.34. The van der Waals surface area contributed by atoms with Gasteiger partial charge in [0.05, 0.1) is 12.7 Å². The smallest absolute Gasteiger partial charge is 0.259 e. The molecule has 0 fully saturated rings. The fraction of sp³-hybridized carbons (Fsp3) is 0.261. The molecule has 0 aliphatic heterocycles. The number of anilines is 4. The summed E-state index contributed by atoms with van der Waals surface area (Å²) in [7, 11) is 1.51. The van der Waals surface area contributed by atoms with Crippen molar-refractivity contribution in [3.05, 3.63) is 64.9 Å². The standard InChI is InChI=1S/C23H26ClN5O2/c1-5-29(6-2)22-14-21(25-15(3)26-22)27-17-8-10-18(11-9-17)28-23(30)19-13-16(24)7-12-20(19)31-4/h7-14H,5-6H2,1-4H3,(H,28,30)(H,25,26,27). The molecule has 0 bridgehead atoms. The van der Waals surface area contributed by atoms with E-state index in [9.17, 15) is 4.79 Å². The van der Waals surface area contributed by atoms with Gasteiger partial charge in [-0.15, -0.1) is 0 Å². The first kappa shape index (κ1) is 22.4. The van der Waals surface area contributed by atoms with Gasteiger partial charge in [0.15, 0.2) is 0 Å². The van der Waals surface area contributed by atoms with Gasteiger partial charge in [0.25, 0.3) is 5.91 Å². The molecule has 2 N–H and O–H groups in total. The van der Waals surface area contributed by atoms with E-state index in [0.29, 0.717) is 27.8 Å². The highest BCUT2D eigenvalue weighted by Gasteiger charge is 2.13. The van der Waals surface area contributed by atoms with E-state index in [-0.39, 0.29) is 5.91 Å². The van der Waals surface area contributed by atoms with Gasteiger partial charge in [-0.1, -0.05) is 11.6 Å². The molecule has 1 amide bonds. The molecule has 8 heteroatoms. The lowest BCUT2D eigenvalue weighted by molar-refractivity contribution is 0.102. The van der Waals surface area contributed by atoms with Crippen LogP contribution in [-0.2, 0) is 0 Å². The number of hydrogen-bond donors (Lipinski definition) is 2. The van der Waals surface area contributed by atoms with Crippen LogP contribution in [0, 0.1) is 6.92 Å². The van der Waals surface area contributed by atoms with Crippen LogP contribution < -0.4 is 20.3 Å². The third kappa shape index (κ3) is 5.64. The Morgan fingerprint density at radius 1 is 1.03 bits per heavy atom. The third-order valence-corrected chi connectivity index (χ3v) is 4.97. The molecule has 2 aromatic carbocycles. The van der Waals surface area contributed by atoms with Crippen LogP contribution >= 0.6 is 11.6 Å². The molecule has 0 atom stereocenters. The molecule has 0 aliphatic carbocycles. The molecule has 3 rings (SSSR count). The van der Waals surface area contributed by atoms with E-state index in [1.165, 1.54) is 7.11 Å². The topological polar surface area (TPSA) is 79.4 Å². The number of carbonyl (C=O) groups is 1. The highest BCUT2D eigenvalue weighted by atomic mass is 35.5. The lowest BCUT2D eigenvalue weighted by atomic mass is 10.1. The van der Waals surface area contributed by atoms with Gasteiger partial charge in [0.2, 0.25) is 0 Å². The first-order chi connectivity index (χ1) is 14.9. The Bertz CT molecular complexity index is 1050. The van der Waals surface area contributed by atoms with Crippen molar-refractivity contribution in [1.29, 1.82) is 0 Å². The molecule has 0 spiro atoms. The van der Waals surface area contributed by atoms with Crippen molar-refractivity contribution in [3.63, 3.8) is 0 Å². The summed E-state index contributed by atoms with van der Waals surface area (Å²) < 4.78 is 5.25. The van der Waals surface area contributed by atoms with Gasteiger partial charge >= 0.3 is 0 Å². The van der Waals surface area contributed by atoms with Crippen molar-refractivity contribution < 1.29 is 9.53 Å². The van der Waals surface area contributed by atoms with Crippen molar-refractivity contribution in [2.75, 3.05) is 35.7 Å². The third-order valence-electron chi connectivity index (χ3n) is 4.73. The number of nitrogens with one attached hydrogen (secondary N) is 2. The van der Waals surface area contributed by atoms with Gasteiger partial charge in [-0.2, -0.15) is 0 Å². The Labute approximate surface area is 187 Å². The first-order valence-corrected chi connectivity index (χ1v) is 10.4. The molecule has 0 radical (unpaired) electrons. The van der Waals surface area contributed by atoms with Crippen molar-refractivity contribution in [1.82, 2.24) is 9.97 Å². The maximum atomic E-state index is 12.6. The normalized spacial score (nSPS) is 10.5. The maximum Gasteiger partial charge on any atom is 0.259 e. The molecule has 3 aromatic rings. The van der Waals surface area contributed by atoms with Crippen molar-refractivity contribution >= 4 is 40.5 Å². The molecule has 0 saturated carbocycles. The average molecular weight is 440 g/mol. The minimum Gasteiger partial charge on any atom is -0.496 e. The van der Waals surface area contributed by atoms with Gasteiger partial charge in [0, 0.05) is 35.6 Å². The second-order valence-corrected chi connectivity index (χ2v) is 7.27.